The summed E-state index contributed by atoms with van der Waals surface area (Å²) in [4.78, 5) is 16.2. The van der Waals surface area contributed by atoms with Gasteiger partial charge in [-0.25, -0.2) is 9.79 Å². The molecule has 0 unspecified atom stereocenters. The van der Waals surface area contributed by atoms with E-state index in [0.717, 1.165) is 0 Å². The van der Waals surface area contributed by atoms with Gasteiger partial charge >= 0.3 is 5.97 Å². The van der Waals surface area contributed by atoms with Gasteiger partial charge in [0.05, 0.1) is 17.2 Å². The quantitative estimate of drug-likeness (QED) is 0.612. The highest BCUT2D eigenvalue weighted by Crippen LogP contribution is 2.25. The molecule has 0 fully saturated rings. The fourth-order valence-corrected chi connectivity index (χ4v) is 2.33. The standard InChI is InChI=1S/C17H11Cl2NO3/c1-22-12-5-3-11(4-6-12)16-20-15(17(21)23-16)9-10-2-7-13(18)14(19)8-10/h2-9H,1H3/b15-9-. The monoisotopic (exact) mass is 347 g/mol. The molecule has 0 spiro atoms. The van der Waals surface area contributed by atoms with Crippen molar-refractivity contribution >= 4 is 41.1 Å². The second kappa shape index (κ2) is 6.44. The molecule has 0 bridgehead atoms. The molecule has 0 N–H and O–H groups in total. The Balaban J connectivity index is 1.90. The largest absolute Gasteiger partial charge is 0.497 e. The van der Waals surface area contributed by atoms with Crippen molar-refractivity contribution in [2.24, 2.45) is 4.99 Å². The van der Waals surface area contributed by atoms with E-state index in [-0.39, 0.29) is 11.6 Å². The van der Waals surface area contributed by atoms with E-state index < -0.39 is 5.97 Å². The average Bonchev–Trinajstić information content (AvgIpc) is 2.92. The number of hydrogen-bond donors (Lipinski definition) is 0. The third kappa shape index (κ3) is 3.38. The van der Waals surface area contributed by atoms with Gasteiger partial charge in [-0.3, -0.25) is 0 Å². The van der Waals surface area contributed by atoms with Crippen molar-refractivity contribution in [1.82, 2.24) is 0 Å². The smallest absolute Gasteiger partial charge is 0.363 e. The van der Waals surface area contributed by atoms with E-state index in [1.807, 2.05) is 0 Å². The summed E-state index contributed by atoms with van der Waals surface area (Å²) in [6, 6.07) is 12.1. The molecule has 1 heterocycles. The number of aliphatic imine (C=N–C) groups is 1. The van der Waals surface area contributed by atoms with E-state index in [0.29, 0.717) is 26.9 Å². The molecule has 0 atom stereocenters. The molecule has 0 aliphatic carbocycles. The average molecular weight is 348 g/mol. The van der Waals surface area contributed by atoms with Crippen molar-refractivity contribution in [2.45, 2.75) is 0 Å². The predicted molar refractivity (Wildman–Crippen MR) is 90.1 cm³/mol. The summed E-state index contributed by atoms with van der Waals surface area (Å²) in [5, 5.41) is 0.858. The first kappa shape index (κ1) is 15.6. The molecular formula is C17H11Cl2NO3. The third-order valence-electron chi connectivity index (χ3n) is 3.20. The maximum absolute atomic E-state index is 11.9. The Bertz CT molecular complexity index is 826. The predicted octanol–water partition coefficient (Wildman–Crippen LogP) is 4.35. The molecule has 2 aromatic carbocycles. The molecule has 4 nitrogen and oxygen atoms in total. The summed E-state index contributed by atoms with van der Waals surface area (Å²) >= 11 is 11.8. The lowest BCUT2D eigenvalue weighted by atomic mass is 10.2. The Kier molecular flexibility index (Phi) is 4.37. The van der Waals surface area contributed by atoms with E-state index in [2.05, 4.69) is 4.99 Å². The van der Waals surface area contributed by atoms with Crippen molar-refractivity contribution < 1.29 is 14.3 Å². The highest BCUT2D eigenvalue weighted by atomic mass is 35.5. The van der Waals surface area contributed by atoms with Crippen molar-refractivity contribution in [3.8, 4) is 5.75 Å². The molecule has 2 aromatic rings. The highest BCUT2D eigenvalue weighted by Gasteiger charge is 2.24. The molecule has 23 heavy (non-hydrogen) atoms. The maximum Gasteiger partial charge on any atom is 0.363 e. The van der Waals surface area contributed by atoms with Gasteiger partial charge in [-0.2, -0.15) is 0 Å². The number of methoxy groups -OCH3 is 1. The van der Waals surface area contributed by atoms with E-state index >= 15 is 0 Å². The summed E-state index contributed by atoms with van der Waals surface area (Å²) in [6.45, 7) is 0. The van der Waals surface area contributed by atoms with Gasteiger partial charge in [0.2, 0.25) is 5.90 Å². The number of rotatable bonds is 3. The molecule has 0 aromatic heterocycles. The Labute approximate surface area is 143 Å². The van der Waals surface area contributed by atoms with E-state index in [1.165, 1.54) is 0 Å². The molecule has 0 radical (unpaired) electrons. The Morgan fingerprint density at radius 3 is 2.48 bits per heavy atom. The zero-order valence-electron chi connectivity index (χ0n) is 12.0. The number of carbonyl (C=O) groups is 1. The summed E-state index contributed by atoms with van der Waals surface area (Å²) < 4.78 is 10.3. The van der Waals surface area contributed by atoms with Gasteiger partial charge in [0.25, 0.3) is 0 Å². The topological polar surface area (TPSA) is 47.9 Å². The lowest BCUT2D eigenvalue weighted by Crippen LogP contribution is -2.05. The number of cyclic esters (lactones) is 1. The van der Waals surface area contributed by atoms with Crippen LogP contribution in [0.15, 0.2) is 53.2 Å². The van der Waals surface area contributed by atoms with Crippen LogP contribution in [0.5, 0.6) is 5.75 Å². The molecule has 6 heteroatoms. The number of nitrogens with zero attached hydrogens (tertiary/aromatic N) is 1. The van der Waals surface area contributed by atoms with Crippen LogP contribution in [0.1, 0.15) is 11.1 Å². The fraction of sp³-hybridized carbons (Fsp3) is 0.0588. The molecule has 1 aliphatic heterocycles. The molecule has 0 saturated heterocycles. The van der Waals surface area contributed by atoms with Crippen LogP contribution in [0, 0.1) is 0 Å². The van der Waals surface area contributed by atoms with Gasteiger partial charge in [-0.05, 0) is 48.0 Å². The zero-order chi connectivity index (χ0) is 16.4. The van der Waals surface area contributed by atoms with E-state index in [9.17, 15) is 4.79 Å². The van der Waals surface area contributed by atoms with Gasteiger partial charge < -0.3 is 9.47 Å². The summed E-state index contributed by atoms with van der Waals surface area (Å²) in [6.07, 6.45) is 1.60. The van der Waals surface area contributed by atoms with Crippen LogP contribution in [0.3, 0.4) is 0 Å². The normalized spacial score (nSPS) is 15.5. The first-order chi connectivity index (χ1) is 11.1. The fourth-order valence-electron chi connectivity index (χ4n) is 2.03. The SMILES string of the molecule is COc1ccc(C2=N/C(=C\c3ccc(Cl)c(Cl)c3)C(=O)O2)cc1. The zero-order valence-corrected chi connectivity index (χ0v) is 13.6. The van der Waals surface area contributed by atoms with Crippen LogP contribution in [-0.2, 0) is 9.53 Å². The van der Waals surface area contributed by atoms with Crippen molar-refractivity contribution in [1.29, 1.82) is 0 Å². The number of halogens is 2. The number of ether oxygens (including phenoxy) is 2. The van der Waals surface area contributed by atoms with Crippen LogP contribution in [-0.4, -0.2) is 19.0 Å². The Morgan fingerprint density at radius 1 is 1.09 bits per heavy atom. The van der Waals surface area contributed by atoms with Crippen molar-refractivity contribution in [2.75, 3.05) is 7.11 Å². The molecule has 0 saturated carbocycles. The molecule has 3 rings (SSSR count). The second-order valence-corrected chi connectivity index (χ2v) is 5.55. The van der Waals surface area contributed by atoms with Gasteiger partial charge in [0, 0.05) is 5.56 Å². The minimum absolute atomic E-state index is 0.203. The number of esters is 1. The Morgan fingerprint density at radius 2 is 1.83 bits per heavy atom. The lowest BCUT2D eigenvalue weighted by Gasteiger charge is -2.01. The van der Waals surface area contributed by atoms with E-state index in [1.54, 1.807) is 55.7 Å². The first-order valence-corrected chi connectivity index (χ1v) is 7.44. The van der Waals surface area contributed by atoms with Crippen LogP contribution < -0.4 is 4.74 Å². The number of benzene rings is 2. The molecule has 1 aliphatic rings. The Hall–Kier alpha value is -2.30. The molecule has 0 amide bonds. The minimum atomic E-state index is -0.512. The number of hydrogen-bond acceptors (Lipinski definition) is 4. The lowest BCUT2D eigenvalue weighted by molar-refractivity contribution is -0.129. The van der Waals surface area contributed by atoms with Gasteiger partial charge in [0.1, 0.15) is 5.75 Å². The van der Waals surface area contributed by atoms with Crippen LogP contribution >= 0.6 is 23.2 Å². The van der Waals surface area contributed by atoms with Gasteiger partial charge in [-0.1, -0.05) is 29.3 Å². The molecule has 116 valence electrons. The first-order valence-electron chi connectivity index (χ1n) is 6.69. The van der Waals surface area contributed by atoms with Crippen LogP contribution in [0.4, 0.5) is 0 Å². The maximum atomic E-state index is 11.9. The minimum Gasteiger partial charge on any atom is -0.497 e. The van der Waals surface area contributed by atoms with Crippen LogP contribution in [0.2, 0.25) is 10.0 Å². The van der Waals surface area contributed by atoms with Crippen LogP contribution in [0.25, 0.3) is 6.08 Å². The van der Waals surface area contributed by atoms with Gasteiger partial charge in [0.15, 0.2) is 5.70 Å². The van der Waals surface area contributed by atoms with Gasteiger partial charge in [-0.15, -0.1) is 0 Å². The van der Waals surface area contributed by atoms with E-state index in [4.69, 9.17) is 32.7 Å². The summed E-state index contributed by atoms with van der Waals surface area (Å²) in [5.41, 5.74) is 1.61. The number of carbonyl (C=O) groups excluding carboxylic acids is 1. The third-order valence-corrected chi connectivity index (χ3v) is 3.94. The summed E-state index contributed by atoms with van der Waals surface area (Å²) in [5.74, 6) is 0.455. The highest BCUT2D eigenvalue weighted by molar-refractivity contribution is 6.42. The molecular weight excluding hydrogens is 337 g/mol. The second-order valence-electron chi connectivity index (χ2n) is 4.74. The van der Waals surface area contributed by atoms with Crippen molar-refractivity contribution in [3.63, 3.8) is 0 Å². The van der Waals surface area contributed by atoms with Crippen molar-refractivity contribution in [3.05, 3.63) is 69.3 Å². The summed E-state index contributed by atoms with van der Waals surface area (Å²) in [7, 11) is 1.58.